The summed E-state index contributed by atoms with van der Waals surface area (Å²) in [6, 6.07) is 10.4. The van der Waals surface area contributed by atoms with Gasteiger partial charge in [-0.05, 0) is 23.7 Å². The van der Waals surface area contributed by atoms with Crippen molar-refractivity contribution in [1.29, 1.82) is 0 Å². The number of hydrogen-bond donors (Lipinski definition) is 1. The van der Waals surface area contributed by atoms with Crippen LogP contribution in [-0.4, -0.2) is 9.55 Å². The van der Waals surface area contributed by atoms with Gasteiger partial charge in [0, 0.05) is 12.7 Å². The monoisotopic (exact) mass is 260 g/mol. The molecule has 0 bridgehead atoms. The summed E-state index contributed by atoms with van der Waals surface area (Å²) in [6.07, 6.45) is 4.40. The van der Waals surface area contributed by atoms with Crippen molar-refractivity contribution >= 4 is 12.2 Å². The van der Waals surface area contributed by atoms with Gasteiger partial charge in [-0.2, -0.15) is 0 Å². The Bertz CT molecular complexity index is 535. The third kappa shape index (κ3) is 2.72. The fourth-order valence-corrected chi connectivity index (χ4v) is 2.46. The first-order chi connectivity index (χ1) is 8.76. The van der Waals surface area contributed by atoms with Crippen molar-refractivity contribution in [3.05, 3.63) is 41.3 Å². The quantitative estimate of drug-likeness (QED) is 0.776. The van der Waals surface area contributed by atoms with Crippen molar-refractivity contribution in [3.63, 3.8) is 0 Å². The molecular weight excluding hydrogens is 240 g/mol. The largest absolute Gasteiger partial charge is 0.337 e. The number of hydrogen-bond acceptors (Lipinski definition) is 1. The lowest BCUT2D eigenvalue weighted by molar-refractivity contribution is 0.418. The predicted octanol–water partition coefficient (Wildman–Crippen LogP) is 4.65. The van der Waals surface area contributed by atoms with E-state index in [0.29, 0.717) is 5.92 Å². The lowest BCUT2D eigenvalue weighted by Crippen LogP contribution is -2.10. The zero-order valence-electron chi connectivity index (χ0n) is 11.0. The lowest BCUT2D eigenvalue weighted by Gasteiger charge is -2.15. The molecule has 0 amide bonds. The topological polar surface area (TPSA) is 20.7 Å². The summed E-state index contributed by atoms with van der Waals surface area (Å²) in [5.41, 5.74) is 2.41. The Morgan fingerprint density at radius 1 is 1.17 bits per heavy atom. The first-order valence-electron chi connectivity index (χ1n) is 6.59. The smallest absolute Gasteiger partial charge is 0.177 e. The van der Waals surface area contributed by atoms with E-state index in [0.717, 1.165) is 11.3 Å². The normalized spacial score (nSPS) is 11.1. The van der Waals surface area contributed by atoms with Crippen LogP contribution in [0.4, 0.5) is 0 Å². The molecule has 1 N–H and O–H groups in total. The third-order valence-corrected chi connectivity index (χ3v) is 3.87. The third-order valence-electron chi connectivity index (χ3n) is 3.53. The number of aromatic amines is 1. The first-order valence-corrected chi connectivity index (χ1v) is 7.00. The zero-order chi connectivity index (χ0) is 13.0. The van der Waals surface area contributed by atoms with Gasteiger partial charge in [0.25, 0.3) is 0 Å². The Labute approximate surface area is 114 Å². The fraction of sp³-hybridized carbons (Fsp3) is 0.400. The average Bonchev–Trinajstić information content (AvgIpc) is 2.78. The molecule has 96 valence electrons. The van der Waals surface area contributed by atoms with Crippen LogP contribution >= 0.6 is 12.2 Å². The Balaban J connectivity index is 2.36. The molecule has 1 aromatic carbocycles. The van der Waals surface area contributed by atoms with Crippen molar-refractivity contribution in [3.8, 4) is 11.3 Å². The standard InChI is InChI=1S/C15H20N2S/c1-3-12(4-2)11-17-14(10-16-15(17)18)13-8-6-5-7-9-13/h5-10,12H,3-4,11H2,1-2H3,(H,16,18). The summed E-state index contributed by atoms with van der Waals surface area (Å²) in [5, 5.41) is 0. The molecule has 2 aromatic rings. The van der Waals surface area contributed by atoms with Crippen LogP contribution in [0.25, 0.3) is 11.3 Å². The molecular formula is C15H20N2S. The van der Waals surface area contributed by atoms with Crippen LogP contribution in [0.15, 0.2) is 36.5 Å². The maximum absolute atomic E-state index is 5.39. The number of imidazole rings is 1. The van der Waals surface area contributed by atoms with Gasteiger partial charge in [-0.25, -0.2) is 0 Å². The maximum atomic E-state index is 5.39. The van der Waals surface area contributed by atoms with E-state index in [1.165, 1.54) is 24.1 Å². The van der Waals surface area contributed by atoms with E-state index in [1.807, 2.05) is 12.3 Å². The first kappa shape index (κ1) is 13.1. The summed E-state index contributed by atoms with van der Waals surface area (Å²) < 4.78 is 3.04. The molecule has 0 aliphatic heterocycles. The van der Waals surface area contributed by atoms with E-state index >= 15 is 0 Å². The van der Waals surface area contributed by atoms with Crippen LogP contribution in [0, 0.1) is 10.7 Å². The van der Waals surface area contributed by atoms with Gasteiger partial charge in [0.2, 0.25) is 0 Å². The molecule has 0 spiro atoms. The maximum Gasteiger partial charge on any atom is 0.177 e. The number of benzene rings is 1. The van der Waals surface area contributed by atoms with Crippen LogP contribution < -0.4 is 0 Å². The minimum atomic E-state index is 0.690. The molecule has 1 heterocycles. The van der Waals surface area contributed by atoms with Crippen molar-refractivity contribution in [2.75, 3.05) is 0 Å². The highest BCUT2D eigenvalue weighted by atomic mass is 32.1. The summed E-state index contributed by atoms with van der Waals surface area (Å²) in [5.74, 6) is 0.690. The number of rotatable bonds is 5. The summed E-state index contributed by atoms with van der Waals surface area (Å²) in [4.78, 5) is 3.17. The molecule has 2 rings (SSSR count). The average molecular weight is 260 g/mol. The number of H-pyrrole nitrogens is 1. The minimum absolute atomic E-state index is 0.690. The van der Waals surface area contributed by atoms with E-state index in [2.05, 4.69) is 47.7 Å². The van der Waals surface area contributed by atoms with E-state index in [9.17, 15) is 0 Å². The van der Waals surface area contributed by atoms with Crippen molar-refractivity contribution in [1.82, 2.24) is 9.55 Å². The number of nitrogens with zero attached hydrogens (tertiary/aromatic N) is 1. The second kappa shape index (κ2) is 6.01. The van der Waals surface area contributed by atoms with Crippen molar-refractivity contribution < 1.29 is 0 Å². The molecule has 0 aliphatic rings. The van der Waals surface area contributed by atoms with E-state index in [4.69, 9.17) is 12.2 Å². The Kier molecular flexibility index (Phi) is 4.37. The van der Waals surface area contributed by atoms with Gasteiger partial charge in [0.1, 0.15) is 0 Å². The minimum Gasteiger partial charge on any atom is -0.337 e. The fourth-order valence-electron chi connectivity index (χ4n) is 2.23. The van der Waals surface area contributed by atoms with Gasteiger partial charge >= 0.3 is 0 Å². The molecule has 0 unspecified atom stereocenters. The van der Waals surface area contributed by atoms with Gasteiger partial charge < -0.3 is 9.55 Å². The van der Waals surface area contributed by atoms with Gasteiger partial charge in [-0.1, -0.05) is 57.0 Å². The lowest BCUT2D eigenvalue weighted by atomic mass is 10.0. The molecule has 0 saturated carbocycles. The van der Waals surface area contributed by atoms with Crippen molar-refractivity contribution in [2.45, 2.75) is 33.2 Å². The van der Waals surface area contributed by atoms with Gasteiger partial charge in [-0.3, -0.25) is 0 Å². The van der Waals surface area contributed by atoms with Crippen LogP contribution in [-0.2, 0) is 6.54 Å². The van der Waals surface area contributed by atoms with Crippen LogP contribution in [0.1, 0.15) is 26.7 Å². The van der Waals surface area contributed by atoms with E-state index in [-0.39, 0.29) is 0 Å². The second-order valence-electron chi connectivity index (χ2n) is 4.64. The van der Waals surface area contributed by atoms with Gasteiger partial charge in [-0.15, -0.1) is 0 Å². The predicted molar refractivity (Wildman–Crippen MR) is 79.1 cm³/mol. The van der Waals surface area contributed by atoms with Gasteiger partial charge in [0.05, 0.1) is 5.69 Å². The number of aromatic nitrogens is 2. The van der Waals surface area contributed by atoms with Crippen LogP contribution in [0.2, 0.25) is 0 Å². The SMILES string of the molecule is CCC(CC)Cn1c(-c2ccccc2)c[nH]c1=S. The molecule has 3 heteroatoms. The molecule has 0 fully saturated rings. The van der Waals surface area contributed by atoms with Gasteiger partial charge in [0.15, 0.2) is 4.77 Å². The highest BCUT2D eigenvalue weighted by Gasteiger charge is 2.10. The molecule has 0 atom stereocenters. The molecule has 0 saturated heterocycles. The van der Waals surface area contributed by atoms with E-state index in [1.54, 1.807) is 0 Å². The second-order valence-corrected chi connectivity index (χ2v) is 5.02. The molecule has 1 aromatic heterocycles. The van der Waals surface area contributed by atoms with E-state index < -0.39 is 0 Å². The molecule has 2 nitrogen and oxygen atoms in total. The highest BCUT2D eigenvalue weighted by molar-refractivity contribution is 7.71. The van der Waals surface area contributed by atoms with Crippen molar-refractivity contribution in [2.24, 2.45) is 5.92 Å². The molecule has 0 aliphatic carbocycles. The Hall–Kier alpha value is -1.35. The Morgan fingerprint density at radius 2 is 1.83 bits per heavy atom. The summed E-state index contributed by atoms with van der Waals surface area (Å²) in [7, 11) is 0. The summed E-state index contributed by atoms with van der Waals surface area (Å²) >= 11 is 5.39. The highest BCUT2D eigenvalue weighted by Crippen LogP contribution is 2.22. The summed E-state index contributed by atoms with van der Waals surface area (Å²) in [6.45, 7) is 5.48. The molecule has 0 radical (unpaired) electrons. The van der Waals surface area contributed by atoms with Crippen LogP contribution in [0.5, 0.6) is 0 Å². The number of nitrogens with one attached hydrogen (secondary N) is 1. The zero-order valence-corrected chi connectivity index (χ0v) is 11.8. The molecule has 18 heavy (non-hydrogen) atoms. The Morgan fingerprint density at radius 3 is 2.44 bits per heavy atom. The van der Waals surface area contributed by atoms with Crippen LogP contribution in [0.3, 0.4) is 0 Å².